The van der Waals surface area contributed by atoms with Crippen LogP contribution >= 0.6 is 0 Å². The number of aromatic hydroxyl groups is 1. The quantitative estimate of drug-likeness (QED) is 0.745. The molecule has 0 saturated carbocycles. The third-order valence-corrected chi connectivity index (χ3v) is 5.88. The van der Waals surface area contributed by atoms with Crippen LogP contribution in [0.15, 0.2) is 57.9 Å². The van der Waals surface area contributed by atoms with E-state index < -0.39 is 0 Å². The van der Waals surface area contributed by atoms with Crippen LogP contribution in [0.3, 0.4) is 0 Å². The molecule has 2 atom stereocenters. The third-order valence-electron chi connectivity index (χ3n) is 5.88. The van der Waals surface area contributed by atoms with E-state index in [0.717, 1.165) is 24.1 Å². The molecule has 0 spiro atoms. The number of nitrogens with one attached hydrogen (secondary N) is 1. The lowest BCUT2D eigenvalue weighted by Gasteiger charge is -2.32. The Bertz CT molecular complexity index is 994. The summed E-state index contributed by atoms with van der Waals surface area (Å²) in [5.74, 6) is 0.214. The first-order valence-corrected chi connectivity index (χ1v) is 9.85. The highest BCUT2D eigenvalue weighted by atomic mass is 16.3. The molecule has 1 aromatic heterocycles. The number of likely N-dealkylation sites (tertiary alicyclic amines) is 1. The summed E-state index contributed by atoms with van der Waals surface area (Å²) >= 11 is 0. The van der Waals surface area contributed by atoms with E-state index in [9.17, 15) is 9.90 Å². The van der Waals surface area contributed by atoms with Gasteiger partial charge in [0.1, 0.15) is 24.1 Å². The molecular weight excluding hydrogens is 338 g/mol. The first-order chi connectivity index (χ1) is 13.2. The number of benzene rings is 2. The number of phenolic OH excluding ortho intramolecular Hbond substituents is 1. The van der Waals surface area contributed by atoms with Crippen molar-refractivity contribution in [3.63, 3.8) is 0 Å². The zero-order valence-corrected chi connectivity index (χ0v) is 15.7. The molecule has 2 unspecified atom stereocenters. The van der Waals surface area contributed by atoms with Gasteiger partial charge in [0.05, 0.1) is 29.1 Å². The average molecular weight is 364 g/mol. The summed E-state index contributed by atoms with van der Waals surface area (Å²) in [7, 11) is 0. The van der Waals surface area contributed by atoms with E-state index in [2.05, 4.69) is 6.92 Å². The van der Waals surface area contributed by atoms with Crippen molar-refractivity contribution in [2.45, 2.75) is 45.2 Å². The van der Waals surface area contributed by atoms with Crippen LogP contribution in [0, 0.1) is 0 Å². The van der Waals surface area contributed by atoms with Crippen LogP contribution in [0.1, 0.15) is 38.2 Å². The summed E-state index contributed by atoms with van der Waals surface area (Å²) < 4.78 is 5.93. The van der Waals surface area contributed by atoms with Gasteiger partial charge in [0, 0.05) is 0 Å². The Kier molecular flexibility index (Phi) is 4.99. The van der Waals surface area contributed by atoms with Crippen LogP contribution in [0.5, 0.6) is 5.75 Å². The minimum atomic E-state index is -0.0515. The SMILES string of the molecule is CCC1CCCC[NH+]1Cc1c(O)ccc2c(=O)c(-c3ccccc3)coc12. The van der Waals surface area contributed by atoms with Crippen molar-refractivity contribution >= 4 is 11.0 Å². The van der Waals surface area contributed by atoms with Gasteiger partial charge in [0.25, 0.3) is 0 Å². The fraction of sp³-hybridized carbons (Fsp3) is 0.348. The van der Waals surface area contributed by atoms with Gasteiger partial charge in [-0.15, -0.1) is 0 Å². The van der Waals surface area contributed by atoms with E-state index in [1.165, 1.54) is 30.4 Å². The third kappa shape index (κ3) is 3.37. The lowest BCUT2D eigenvalue weighted by molar-refractivity contribution is -0.944. The normalized spacial score (nSPS) is 20.0. The molecule has 0 amide bonds. The predicted molar refractivity (Wildman–Crippen MR) is 107 cm³/mol. The first-order valence-electron chi connectivity index (χ1n) is 9.85. The van der Waals surface area contributed by atoms with Crippen LogP contribution in [0.25, 0.3) is 22.1 Å². The summed E-state index contributed by atoms with van der Waals surface area (Å²) in [4.78, 5) is 14.5. The molecule has 4 heteroatoms. The number of phenols is 1. The number of quaternary nitrogens is 1. The topological polar surface area (TPSA) is 54.9 Å². The maximum Gasteiger partial charge on any atom is 0.200 e. The standard InChI is InChI=1S/C23H25NO3/c1-2-17-10-6-7-13-24(17)14-19-21(25)12-11-18-22(26)20(15-27-23(18)19)16-8-4-3-5-9-16/h3-5,8-9,11-12,15,17,25H,2,6-7,10,13-14H2,1H3/p+1. The molecule has 2 heterocycles. The van der Waals surface area contributed by atoms with Gasteiger partial charge in [-0.3, -0.25) is 4.79 Å². The Morgan fingerprint density at radius 2 is 1.96 bits per heavy atom. The van der Waals surface area contributed by atoms with Gasteiger partial charge >= 0.3 is 0 Å². The van der Waals surface area contributed by atoms with Crippen LogP contribution in [0.2, 0.25) is 0 Å². The van der Waals surface area contributed by atoms with Crippen molar-refractivity contribution in [3.8, 4) is 16.9 Å². The zero-order valence-electron chi connectivity index (χ0n) is 15.7. The maximum absolute atomic E-state index is 13.1. The summed E-state index contributed by atoms with van der Waals surface area (Å²) in [5.41, 5.74) is 2.61. The lowest BCUT2D eigenvalue weighted by atomic mass is 9.98. The number of hydrogen-bond donors (Lipinski definition) is 2. The highest BCUT2D eigenvalue weighted by Crippen LogP contribution is 2.27. The number of fused-ring (bicyclic) bond motifs is 1. The van der Waals surface area contributed by atoms with Crippen molar-refractivity contribution in [2.24, 2.45) is 0 Å². The second-order valence-electron chi connectivity index (χ2n) is 7.47. The van der Waals surface area contributed by atoms with Crippen molar-refractivity contribution in [1.29, 1.82) is 0 Å². The molecule has 0 radical (unpaired) electrons. The van der Waals surface area contributed by atoms with Crippen molar-refractivity contribution in [2.75, 3.05) is 6.54 Å². The van der Waals surface area contributed by atoms with E-state index in [4.69, 9.17) is 4.42 Å². The molecule has 27 heavy (non-hydrogen) atoms. The van der Waals surface area contributed by atoms with E-state index in [1.807, 2.05) is 30.3 Å². The van der Waals surface area contributed by atoms with Crippen LogP contribution < -0.4 is 10.3 Å². The first kappa shape index (κ1) is 17.8. The smallest absolute Gasteiger partial charge is 0.200 e. The Labute approximate surface area is 159 Å². The molecule has 3 aromatic rings. The Balaban J connectivity index is 1.78. The van der Waals surface area contributed by atoms with Gasteiger partial charge < -0.3 is 14.4 Å². The number of piperidine rings is 1. The summed E-state index contributed by atoms with van der Waals surface area (Å²) in [5, 5.41) is 11.0. The molecule has 2 aromatic carbocycles. The number of rotatable bonds is 4. The highest BCUT2D eigenvalue weighted by Gasteiger charge is 2.27. The molecule has 1 fully saturated rings. The second kappa shape index (κ2) is 7.57. The molecule has 0 bridgehead atoms. The van der Waals surface area contributed by atoms with E-state index in [0.29, 0.717) is 29.1 Å². The van der Waals surface area contributed by atoms with Gasteiger partial charge in [-0.25, -0.2) is 0 Å². The van der Waals surface area contributed by atoms with Crippen LogP contribution in [0.4, 0.5) is 0 Å². The monoisotopic (exact) mass is 364 g/mol. The second-order valence-corrected chi connectivity index (χ2v) is 7.47. The van der Waals surface area contributed by atoms with Gasteiger partial charge in [0.2, 0.25) is 5.43 Å². The predicted octanol–water partition coefficient (Wildman–Crippen LogP) is 3.51. The van der Waals surface area contributed by atoms with Gasteiger partial charge in [0.15, 0.2) is 0 Å². The van der Waals surface area contributed by atoms with E-state index in [1.54, 1.807) is 12.1 Å². The molecule has 0 aliphatic carbocycles. The largest absolute Gasteiger partial charge is 0.507 e. The maximum atomic E-state index is 13.1. The fourth-order valence-corrected chi connectivity index (χ4v) is 4.34. The lowest BCUT2D eigenvalue weighted by Crippen LogP contribution is -3.15. The van der Waals surface area contributed by atoms with Gasteiger partial charge in [-0.2, -0.15) is 0 Å². The van der Waals surface area contributed by atoms with Gasteiger partial charge in [-0.05, 0) is 43.4 Å². The van der Waals surface area contributed by atoms with Crippen molar-refractivity contribution in [1.82, 2.24) is 0 Å². The van der Waals surface area contributed by atoms with Crippen molar-refractivity contribution in [3.05, 3.63) is 64.5 Å². The average Bonchev–Trinajstić information content (AvgIpc) is 2.71. The molecule has 1 aliphatic heterocycles. The molecule has 1 aliphatic rings. The fourth-order valence-electron chi connectivity index (χ4n) is 4.34. The Hall–Kier alpha value is -2.59. The van der Waals surface area contributed by atoms with E-state index in [-0.39, 0.29) is 11.2 Å². The van der Waals surface area contributed by atoms with Crippen LogP contribution in [-0.2, 0) is 6.54 Å². The van der Waals surface area contributed by atoms with Gasteiger partial charge in [-0.1, -0.05) is 37.3 Å². The molecule has 140 valence electrons. The molecular formula is C23H26NO3+. The molecule has 4 nitrogen and oxygen atoms in total. The summed E-state index contributed by atoms with van der Waals surface area (Å²) in [6.45, 7) is 4.02. The van der Waals surface area contributed by atoms with Crippen molar-refractivity contribution < 1.29 is 14.4 Å². The minimum Gasteiger partial charge on any atom is -0.507 e. The zero-order chi connectivity index (χ0) is 18.8. The highest BCUT2D eigenvalue weighted by molar-refractivity contribution is 5.85. The Morgan fingerprint density at radius 1 is 1.15 bits per heavy atom. The summed E-state index contributed by atoms with van der Waals surface area (Å²) in [6.07, 6.45) is 6.37. The van der Waals surface area contributed by atoms with E-state index >= 15 is 0 Å². The number of hydrogen-bond acceptors (Lipinski definition) is 3. The molecule has 1 saturated heterocycles. The minimum absolute atomic E-state index is 0.0515. The summed E-state index contributed by atoms with van der Waals surface area (Å²) in [6, 6.07) is 13.5. The van der Waals surface area contributed by atoms with Crippen LogP contribution in [-0.4, -0.2) is 17.7 Å². The molecule has 2 N–H and O–H groups in total. The Morgan fingerprint density at radius 3 is 2.74 bits per heavy atom. The molecule has 4 rings (SSSR count).